The summed E-state index contributed by atoms with van der Waals surface area (Å²) in [4.78, 5) is 20.3. The van der Waals surface area contributed by atoms with Gasteiger partial charge < -0.3 is 31.1 Å². The second-order valence-corrected chi connectivity index (χ2v) is 13.7. The predicted molar refractivity (Wildman–Crippen MR) is 225 cm³/mol. The quantitative estimate of drug-likeness (QED) is 0.0372. The third-order valence-corrected chi connectivity index (χ3v) is 9.01. The molecule has 0 atom stereocenters. The van der Waals surface area contributed by atoms with Crippen LogP contribution < -0.4 is 11.2 Å². The Hall–Kier alpha value is -4.87. The Balaban J connectivity index is 0.000000205. The number of nitrogens with two attached hydrogens (primary N) is 1. The summed E-state index contributed by atoms with van der Waals surface area (Å²) in [7, 11) is -1.43. The van der Waals surface area contributed by atoms with Crippen molar-refractivity contribution in [2.75, 3.05) is 5.73 Å². The number of halogens is 4. The zero-order valence-electron chi connectivity index (χ0n) is 29.2. The van der Waals surface area contributed by atoms with Gasteiger partial charge in [-0.2, -0.15) is 0 Å². The van der Waals surface area contributed by atoms with E-state index in [9.17, 15) is 20.2 Å². The molecule has 0 radical (unpaired) electrons. The number of aliphatic hydroxyl groups excluding tert-OH is 3. The summed E-state index contributed by atoms with van der Waals surface area (Å²) in [6, 6.07) is 35.4. The lowest BCUT2D eigenvalue weighted by Crippen LogP contribution is -2.29. The number of nitrogen functional groups attached to an aromatic ring is 1. The van der Waals surface area contributed by atoms with E-state index in [1.807, 2.05) is 36.4 Å². The van der Waals surface area contributed by atoms with E-state index in [0.717, 1.165) is 33.4 Å². The van der Waals surface area contributed by atoms with Gasteiger partial charge in [0.05, 0.1) is 39.7 Å². The Labute approximate surface area is 345 Å². The smallest absolute Gasteiger partial charge is 0.423 e. The van der Waals surface area contributed by atoms with Crippen molar-refractivity contribution in [2.24, 2.45) is 0 Å². The molecule has 0 fully saturated rings. The maximum Gasteiger partial charge on any atom is 0.488 e. The van der Waals surface area contributed by atoms with Crippen molar-refractivity contribution < 1.29 is 35.2 Å². The number of hydrogen-bond acceptors (Lipinski definition) is 10. The molecule has 290 valence electrons. The molecule has 0 aromatic heterocycles. The van der Waals surface area contributed by atoms with Crippen LogP contribution in [0.4, 0.5) is 17.1 Å². The van der Waals surface area contributed by atoms with Gasteiger partial charge in [-0.15, -0.1) is 0 Å². The summed E-state index contributed by atoms with van der Waals surface area (Å²) >= 11 is 20.2. The first kappa shape index (κ1) is 45.5. The van der Waals surface area contributed by atoms with E-state index in [1.54, 1.807) is 78.9 Å². The lowest BCUT2D eigenvalue weighted by atomic mass is 9.80. The molecule has 0 aliphatic carbocycles. The van der Waals surface area contributed by atoms with Crippen LogP contribution in [0.5, 0.6) is 0 Å². The fraction of sp³-hybridized carbons (Fsp3) is 0.0769. The normalized spacial score (nSPS) is 10.1. The molecule has 0 aliphatic heterocycles. The maximum atomic E-state index is 11.0. The Morgan fingerprint density at radius 1 is 0.554 bits per heavy atom. The maximum absolute atomic E-state index is 11.0. The topological polar surface area (TPSA) is 213 Å². The summed E-state index contributed by atoms with van der Waals surface area (Å²) in [5.74, 6) is 0. The zero-order valence-corrected chi connectivity index (χ0v) is 33.0. The van der Waals surface area contributed by atoms with Crippen LogP contribution in [0.1, 0.15) is 16.7 Å². The monoisotopic (exact) mass is 883 g/mol. The van der Waals surface area contributed by atoms with Gasteiger partial charge in [-0.25, -0.2) is 0 Å². The fourth-order valence-electron chi connectivity index (χ4n) is 4.70. The van der Waals surface area contributed by atoms with Crippen LogP contribution in [0, 0.1) is 20.2 Å². The number of benzene rings is 6. The molecule has 6 aromatic carbocycles. The molecule has 7 N–H and O–H groups in total. The minimum atomic E-state index is -1.43. The second-order valence-electron chi connectivity index (χ2n) is 11.5. The van der Waals surface area contributed by atoms with Crippen molar-refractivity contribution in [2.45, 2.75) is 19.8 Å². The van der Waals surface area contributed by atoms with E-state index < -0.39 is 17.0 Å². The molecule has 0 saturated carbocycles. The highest BCUT2D eigenvalue weighted by atomic mass is 79.9. The van der Waals surface area contributed by atoms with E-state index in [4.69, 9.17) is 65.9 Å². The highest BCUT2D eigenvalue weighted by Gasteiger charge is 2.16. The number of anilines is 1. The lowest BCUT2D eigenvalue weighted by molar-refractivity contribution is -0.385. The summed E-state index contributed by atoms with van der Waals surface area (Å²) in [5.41, 5.74) is 12.5. The third-order valence-electron chi connectivity index (χ3n) is 7.63. The predicted octanol–water partition coefficient (Wildman–Crippen LogP) is 8.36. The Morgan fingerprint density at radius 2 is 0.929 bits per heavy atom. The lowest BCUT2D eigenvalue weighted by Gasteiger charge is -2.06. The van der Waals surface area contributed by atoms with Gasteiger partial charge in [-0.05, 0) is 85.6 Å². The largest absolute Gasteiger partial charge is 0.488 e. The average molecular weight is 886 g/mol. The molecule has 17 heteroatoms. The second kappa shape index (κ2) is 22.6. The number of hydrogen-bond donors (Lipinski definition) is 6. The van der Waals surface area contributed by atoms with Crippen molar-refractivity contribution in [1.29, 1.82) is 0 Å². The van der Waals surface area contributed by atoms with Gasteiger partial charge in [0.15, 0.2) is 0 Å². The van der Waals surface area contributed by atoms with Gasteiger partial charge in [0.2, 0.25) is 0 Å². The van der Waals surface area contributed by atoms with Crippen molar-refractivity contribution in [3.05, 3.63) is 184 Å². The number of nitro benzene ring substituents is 2. The van der Waals surface area contributed by atoms with Gasteiger partial charge in [0.1, 0.15) is 0 Å². The molecule has 6 rings (SSSR count). The van der Waals surface area contributed by atoms with E-state index in [2.05, 4.69) is 15.9 Å². The molecule has 0 unspecified atom stereocenters. The van der Waals surface area contributed by atoms with E-state index >= 15 is 0 Å². The summed E-state index contributed by atoms with van der Waals surface area (Å²) < 4.78 is 0.437. The summed E-state index contributed by atoms with van der Waals surface area (Å²) in [6.07, 6.45) is 0. The van der Waals surface area contributed by atoms with Gasteiger partial charge >= 0.3 is 7.12 Å². The average Bonchev–Trinajstić information content (AvgIpc) is 3.19. The van der Waals surface area contributed by atoms with Crippen molar-refractivity contribution in [3.63, 3.8) is 0 Å². The number of nitro groups is 2. The molecule has 0 bridgehead atoms. The molecule has 0 aliphatic rings. The van der Waals surface area contributed by atoms with Crippen LogP contribution in [0.3, 0.4) is 0 Å². The van der Waals surface area contributed by atoms with Crippen LogP contribution in [0.25, 0.3) is 22.3 Å². The van der Waals surface area contributed by atoms with Gasteiger partial charge in [0, 0.05) is 38.5 Å². The molecule has 12 nitrogen and oxygen atoms in total. The van der Waals surface area contributed by atoms with Crippen LogP contribution in [-0.4, -0.2) is 42.3 Å². The number of aliphatic hydroxyl groups is 3. The standard InChI is InChI=1S/C13H10ClNO3.C13H12ClNO.C7H9BO3.C6H3BrClNO2/c14-11-5-6-12(13(7-11)15(17)18)10-3-1-9(8-16)2-4-10;14-11-5-6-12(13(15)7-11)10-3-1-9(8-16)2-4-10;9-5-6-1-3-7(4-2-6)8(10)11;7-5-2-1-4(8)3-6(5)9(10)11/h1-7,16H,8H2;1-7,16H,8,15H2;1-4,9-11H,5H2;1-3H. The first-order chi connectivity index (χ1) is 26.7. The van der Waals surface area contributed by atoms with Gasteiger partial charge in [0.25, 0.3) is 11.4 Å². The van der Waals surface area contributed by atoms with E-state index in [-0.39, 0.29) is 31.2 Å². The highest BCUT2D eigenvalue weighted by molar-refractivity contribution is 9.10. The molecule has 0 spiro atoms. The van der Waals surface area contributed by atoms with E-state index in [1.165, 1.54) is 12.1 Å². The molecule has 6 aromatic rings. The first-order valence-electron chi connectivity index (χ1n) is 16.2. The van der Waals surface area contributed by atoms with Crippen LogP contribution in [0.2, 0.25) is 15.1 Å². The van der Waals surface area contributed by atoms with E-state index in [0.29, 0.717) is 36.3 Å². The Morgan fingerprint density at radius 3 is 1.32 bits per heavy atom. The minimum Gasteiger partial charge on any atom is -0.423 e. The first-order valence-corrected chi connectivity index (χ1v) is 18.1. The van der Waals surface area contributed by atoms with Gasteiger partial charge in [-0.3, -0.25) is 20.2 Å². The van der Waals surface area contributed by atoms with Crippen LogP contribution >= 0.6 is 50.7 Å². The van der Waals surface area contributed by atoms with Crippen molar-refractivity contribution in [1.82, 2.24) is 0 Å². The van der Waals surface area contributed by atoms with Crippen molar-refractivity contribution >= 4 is 80.4 Å². The SMILES string of the molecule is Nc1cc(Cl)ccc1-c1ccc(CO)cc1.O=[N+]([O-])c1cc(Cl)ccc1-c1ccc(CO)cc1.O=[N+]([O-])c1cc(Cl)ccc1Br.OCc1ccc(B(O)O)cc1. The summed E-state index contributed by atoms with van der Waals surface area (Å²) in [6.45, 7) is -0.0266. The summed E-state index contributed by atoms with van der Waals surface area (Å²) in [5, 5.41) is 66.5. The molecular formula is C39H34BBrCl3N3O9. The zero-order chi connectivity index (χ0) is 41.4. The molecule has 0 amide bonds. The Bertz CT molecular complexity index is 2220. The van der Waals surface area contributed by atoms with Crippen molar-refractivity contribution in [3.8, 4) is 22.3 Å². The number of rotatable bonds is 8. The minimum absolute atomic E-state index is 0.0162. The van der Waals surface area contributed by atoms with Crippen LogP contribution in [-0.2, 0) is 19.8 Å². The molecule has 56 heavy (non-hydrogen) atoms. The third kappa shape index (κ3) is 14.0. The number of nitrogens with zero attached hydrogens (tertiary/aromatic N) is 2. The van der Waals surface area contributed by atoms with Crippen LogP contribution in [0.15, 0.2) is 132 Å². The molecule has 0 heterocycles. The fourth-order valence-corrected chi connectivity index (χ4v) is 5.60. The molecular weight excluding hydrogens is 852 g/mol. The Kier molecular flexibility index (Phi) is 18.4. The molecule has 0 saturated heterocycles. The highest BCUT2D eigenvalue weighted by Crippen LogP contribution is 2.33. The van der Waals surface area contributed by atoms with Gasteiger partial charge in [-0.1, -0.05) is 114 Å².